The second kappa shape index (κ2) is 11.9. The van der Waals surface area contributed by atoms with Crippen LogP contribution >= 0.6 is 0 Å². The SMILES string of the molecule is C=C(C)[C@@H]1CC[C@]2(C)CC[C@]3(C)[C@@H](CC[C@@H]4[C@@]5(C)CC[C@H](OC(=O)c6ccc[n+](CC=C(C)C)c6)C(C)(C)[C@@H]5CC[C@]43C)[C@H]12.[Br-]. The molecular weight excluding hydrogens is 618 g/mol. The van der Waals surface area contributed by atoms with Gasteiger partial charge in [-0.15, -0.1) is 0 Å². The van der Waals surface area contributed by atoms with E-state index in [1.165, 1.54) is 68.9 Å². The van der Waals surface area contributed by atoms with Crippen LogP contribution < -0.4 is 21.5 Å². The third-order valence-corrected chi connectivity index (χ3v) is 15.5. The van der Waals surface area contributed by atoms with Gasteiger partial charge in [-0.05, 0) is 148 Å². The molecule has 0 amide bonds. The number of nitrogens with zero attached hydrogens (tertiary/aromatic N) is 1. The number of allylic oxidation sites excluding steroid dienone is 3. The number of halogens is 1. The van der Waals surface area contributed by atoms with Crippen molar-refractivity contribution in [3.63, 3.8) is 0 Å². The van der Waals surface area contributed by atoms with Crippen molar-refractivity contribution in [2.75, 3.05) is 0 Å². The van der Waals surface area contributed by atoms with Crippen LogP contribution in [0.4, 0.5) is 0 Å². The lowest BCUT2D eigenvalue weighted by Gasteiger charge is -2.73. The van der Waals surface area contributed by atoms with Gasteiger partial charge >= 0.3 is 5.97 Å². The highest BCUT2D eigenvalue weighted by atomic mass is 79.9. The third-order valence-electron chi connectivity index (χ3n) is 15.5. The Morgan fingerprint density at radius 2 is 1.64 bits per heavy atom. The molecule has 250 valence electrons. The molecule has 1 aromatic rings. The molecule has 3 nitrogen and oxygen atoms in total. The third kappa shape index (κ3) is 5.34. The number of fused-ring (bicyclic) bond motifs is 7. The summed E-state index contributed by atoms with van der Waals surface area (Å²) < 4.78 is 8.52. The van der Waals surface area contributed by atoms with Crippen LogP contribution in [0.3, 0.4) is 0 Å². The zero-order chi connectivity index (χ0) is 31.9. The van der Waals surface area contributed by atoms with Gasteiger partial charge in [0.05, 0.1) is 0 Å². The Morgan fingerprint density at radius 3 is 2.33 bits per heavy atom. The summed E-state index contributed by atoms with van der Waals surface area (Å²) in [4.78, 5) is 13.5. The Hall–Kier alpha value is -1.42. The molecule has 10 atom stereocenters. The topological polar surface area (TPSA) is 30.2 Å². The Kier molecular flexibility index (Phi) is 9.25. The molecule has 0 unspecified atom stereocenters. The first-order valence-electron chi connectivity index (χ1n) is 18.1. The van der Waals surface area contributed by atoms with Gasteiger partial charge in [-0.25, -0.2) is 9.36 Å². The minimum Gasteiger partial charge on any atom is -1.00 e. The van der Waals surface area contributed by atoms with Crippen molar-refractivity contribution in [3.8, 4) is 0 Å². The smallest absolute Gasteiger partial charge is 0.344 e. The minimum absolute atomic E-state index is 0. The van der Waals surface area contributed by atoms with Crippen LogP contribution in [-0.2, 0) is 11.3 Å². The quantitative estimate of drug-likeness (QED) is 0.188. The highest BCUT2D eigenvalue weighted by molar-refractivity contribution is 5.88. The van der Waals surface area contributed by atoms with Gasteiger partial charge in [0.25, 0.3) is 0 Å². The van der Waals surface area contributed by atoms with Crippen molar-refractivity contribution >= 4 is 5.97 Å². The molecule has 0 N–H and O–H groups in total. The summed E-state index contributed by atoms with van der Waals surface area (Å²) in [7, 11) is 0. The van der Waals surface area contributed by atoms with Crippen molar-refractivity contribution in [3.05, 3.63) is 53.9 Å². The zero-order valence-electron chi connectivity index (χ0n) is 30.0. The van der Waals surface area contributed by atoms with Gasteiger partial charge in [-0.2, -0.15) is 0 Å². The molecule has 0 aromatic carbocycles. The van der Waals surface area contributed by atoms with E-state index in [0.29, 0.717) is 33.6 Å². The standard InChI is InChI=1S/C41H62NO2.BrH/c1-27(2)18-25-42-24-11-12-29(26-42)36(43)44-34-17-20-39(8)32(37(34,5)6)16-21-41(10)33(39)14-13-31-35-30(28(3)4)15-19-38(35,7)22-23-40(31,41)9;/h11-12,18,24,26,30-35H,3,13-17,19-23,25H2,1-2,4-10H3;1H/q+1;/p-1/t30-,31-,32-,33+,34-,35-,38+,39-,40+,41+;/m0./s1. The van der Waals surface area contributed by atoms with E-state index in [1.54, 1.807) is 0 Å². The molecule has 1 heterocycles. The number of hydrogen-bond acceptors (Lipinski definition) is 2. The molecule has 0 spiro atoms. The first kappa shape index (κ1) is 34.9. The maximum absolute atomic E-state index is 13.5. The number of aromatic nitrogens is 1. The molecule has 1 aromatic heterocycles. The van der Waals surface area contributed by atoms with E-state index in [9.17, 15) is 4.79 Å². The van der Waals surface area contributed by atoms with E-state index in [-0.39, 0.29) is 39.9 Å². The molecule has 45 heavy (non-hydrogen) atoms. The second-order valence-corrected chi connectivity index (χ2v) is 18.2. The summed E-state index contributed by atoms with van der Waals surface area (Å²) >= 11 is 0. The van der Waals surface area contributed by atoms with Crippen molar-refractivity contribution in [1.29, 1.82) is 0 Å². The highest BCUT2D eigenvalue weighted by Crippen LogP contribution is 2.77. The van der Waals surface area contributed by atoms with Crippen LogP contribution in [0.1, 0.15) is 137 Å². The molecule has 0 saturated heterocycles. The van der Waals surface area contributed by atoms with Crippen LogP contribution in [0.2, 0.25) is 0 Å². The lowest BCUT2D eigenvalue weighted by molar-refractivity contribution is -0.687. The molecule has 5 aliphatic carbocycles. The van der Waals surface area contributed by atoms with Gasteiger partial charge in [-0.3, -0.25) is 0 Å². The number of esters is 1. The summed E-state index contributed by atoms with van der Waals surface area (Å²) in [5, 5.41) is 0. The van der Waals surface area contributed by atoms with E-state index in [2.05, 4.69) is 79.5 Å². The van der Waals surface area contributed by atoms with Gasteiger partial charge in [0.15, 0.2) is 18.9 Å². The van der Waals surface area contributed by atoms with E-state index in [0.717, 1.165) is 30.7 Å². The molecule has 0 radical (unpaired) electrons. The lowest BCUT2D eigenvalue weighted by atomic mass is 9.32. The number of rotatable bonds is 5. The first-order valence-corrected chi connectivity index (χ1v) is 18.1. The van der Waals surface area contributed by atoms with Gasteiger partial charge in [0, 0.05) is 11.5 Å². The Bertz CT molecular complexity index is 1340. The van der Waals surface area contributed by atoms with E-state index < -0.39 is 0 Å². The predicted molar refractivity (Wildman–Crippen MR) is 180 cm³/mol. The van der Waals surface area contributed by atoms with E-state index >= 15 is 0 Å². The fraction of sp³-hybridized carbons (Fsp3) is 0.756. The molecule has 5 aliphatic rings. The predicted octanol–water partition coefficient (Wildman–Crippen LogP) is 7.15. The normalized spacial score (nSPS) is 43.0. The van der Waals surface area contributed by atoms with E-state index in [1.807, 2.05) is 24.5 Å². The fourth-order valence-electron chi connectivity index (χ4n) is 12.9. The van der Waals surface area contributed by atoms with Gasteiger partial charge in [-0.1, -0.05) is 59.3 Å². The van der Waals surface area contributed by atoms with E-state index in [4.69, 9.17) is 4.74 Å². The summed E-state index contributed by atoms with van der Waals surface area (Å²) in [5.74, 6) is 3.49. The number of hydrogen-bond donors (Lipinski definition) is 0. The number of ether oxygens (including phenoxy) is 1. The lowest BCUT2D eigenvalue weighted by Crippen LogP contribution is -3.00. The Balaban J connectivity index is 0.00000400. The molecule has 0 bridgehead atoms. The maximum Gasteiger partial charge on any atom is 0.344 e. The molecule has 0 aliphatic heterocycles. The van der Waals surface area contributed by atoms with Crippen LogP contribution in [0.5, 0.6) is 0 Å². The van der Waals surface area contributed by atoms with Crippen LogP contribution in [-0.4, -0.2) is 12.1 Å². The Morgan fingerprint density at radius 1 is 0.911 bits per heavy atom. The highest BCUT2D eigenvalue weighted by Gasteiger charge is 2.70. The summed E-state index contributed by atoms with van der Waals surface area (Å²) in [5.41, 5.74) is 4.89. The summed E-state index contributed by atoms with van der Waals surface area (Å²) in [6.07, 6.45) is 19.2. The van der Waals surface area contributed by atoms with Crippen molar-refractivity contribution in [2.24, 2.45) is 56.7 Å². The average Bonchev–Trinajstić information content (AvgIpc) is 3.32. The molecule has 6 rings (SSSR count). The van der Waals surface area contributed by atoms with Gasteiger partial charge in [0.2, 0.25) is 0 Å². The maximum atomic E-state index is 13.5. The Labute approximate surface area is 285 Å². The van der Waals surface area contributed by atoms with Crippen LogP contribution in [0.25, 0.3) is 0 Å². The average molecular weight is 681 g/mol. The largest absolute Gasteiger partial charge is 1.00 e. The second-order valence-electron chi connectivity index (χ2n) is 18.2. The van der Waals surface area contributed by atoms with Crippen LogP contribution in [0.15, 0.2) is 48.3 Å². The summed E-state index contributed by atoms with van der Waals surface area (Å²) in [6, 6.07) is 3.87. The summed E-state index contributed by atoms with van der Waals surface area (Å²) in [6.45, 7) is 27.4. The number of pyridine rings is 1. The number of carbonyl (C=O) groups excluding carboxylic acids is 1. The zero-order valence-corrected chi connectivity index (χ0v) is 31.6. The van der Waals surface area contributed by atoms with Gasteiger partial charge < -0.3 is 21.7 Å². The fourth-order valence-corrected chi connectivity index (χ4v) is 12.9. The first-order chi connectivity index (χ1) is 20.6. The van der Waals surface area contributed by atoms with Crippen molar-refractivity contribution < 1.29 is 31.1 Å². The number of carbonyl (C=O) groups is 1. The monoisotopic (exact) mass is 679 g/mol. The molecular formula is C41H62BrNO2. The van der Waals surface area contributed by atoms with Crippen molar-refractivity contribution in [2.45, 2.75) is 139 Å². The van der Waals surface area contributed by atoms with Crippen LogP contribution in [0, 0.1) is 56.7 Å². The van der Waals surface area contributed by atoms with Crippen molar-refractivity contribution in [1.82, 2.24) is 0 Å². The molecule has 5 saturated carbocycles. The molecule has 5 fully saturated rings. The minimum atomic E-state index is -0.166. The van der Waals surface area contributed by atoms with Gasteiger partial charge in [0.1, 0.15) is 11.7 Å². The molecule has 4 heteroatoms.